The molecule has 0 radical (unpaired) electrons. The van der Waals surface area contributed by atoms with E-state index in [0.717, 1.165) is 6.92 Å². The SMILES string of the molecule is CC(C)CC(C)C(O)C(C)C(=O)NC(C)C(=O)NC(CCCN=C(N)N)C(O)C(O)C(=O)NC(C(=O)NC(C(=O)O)C(C)O)C(C)C(C)C(N)=O. The van der Waals surface area contributed by atoms with Crippen molar-refractivity contribution in [2.75, 3.05) is 6.54 Å². The maximum absolute atomic E-state index is 13.3. The lowest BCUT2D eigenvalue weighted by molar-refractivity contribution is -0.147. The molecule has 0 bridgehead atoms. The first-order chi connectivity index (χ1) is 23.4. The van der Waals surface area contributed by atoms with Crippen molar-refractivity contribution in [3.63, 3.8) is 0 Å². The minimum Gasteiger partial charge on any atom is -0.480 e. The number of hydrogen-bond acceptors (Lipinski definition) is 11. The Kier molecular flexibility index (Phi) is 20.2. The van der Waals surface area contributed by atoms with Crippen LogP contribution >= 0.6 is 0 Å². The normalized spacial score (nSPS) is 18.5. The van der Waals surface area contributed by atoms with Crippen molar-refractivity contribution in [1.29, 1.82) is 0 Å². The van der Waals surface area contributed by atoms with E-state index in [9.17, 15) is 54.3 Å². The van der Waals surface area contributed by atoms with Crippen LogP contribution in [0.2, 0.25) is 0 Å². The lowest BCUT2D eigenvalue weighted by Gasteiger charge is -2.32. The quantitative estimate of drug-likeness (QED) is 0.0278. The smallest absolute Gasteiger partial charge is 0.328 e. The molecule has 0 rings (SSSR count). The number of carbonyl (C=O) groups is 6. The summed E-state index contributed by atoms with van der Waals surface area (Å²) in [4.78, 5) is 79.8. The van der Waals surface area contributed by atoms with Gasteiger partial charge in [0, 0.05) is 12.5 Å². The maximum Gasteiger partial charge on any atom is 0.328 e. The van der Waals surface area contributed by atoms with Crippen molar-refractivity contribution < 1.29 is 54.3 Å². The summed E-state index contributed by atoms with van der Waals surface area (Å²) in [6.45, 7) is 12.5. The second-order valence-electron chi connectivity index (χ2n) is 13.7. The molecule has 294 valence electrons. The number of aliphatic carboxylic acids is 1. The van der Waals surface area contributed by atoms with Gasteiger partial charge in [-0.3, -0.25) is 29.0 Å². The van der Waals surface area contributed by atoms with Crippen molar-refractivity contribution in [2.24, 2.45) is 51.8 Å². The van der Waals surface area contributed by atoms with Gasteiger partial charge in [-0.05, 0) is 50.9 Å². The van der Waals surface area contributed by atoms with E-state index in [1.807, 2.05) is 20.8 Å². The number of hydrogen-bond donors (Lipinski definition) is 12. The zero-order valence-electron chi connectivity index (χ0n) is 30.7. The van der Waals surface area contributed by atoms with E-state index in [1.54, 1.807) is 0 Å². The zero-order valence-corrected chi connectivity index (χ0v) is 30.7. The summed E-state index contributed by atoms with van der Waals surface area (Å²) < 4.78 is 0. The Morgan fingerprint density at radius 3 is 1.69 bits per heavy atom. The fraction of sp³-hybridized carbons (Fsp3) is 0.781. The molecular weight excluding hydrogens is 672 g/mol. The summed E-state index contributed by atoms with van der Waals surface area (Å²) in [5.41, 5.74) is 16.1. The van der Waals surface area contributed by atoms with Gasteiger partial charge in [0.15, 0.2) is 18.1 Å². The van der Waals surface area contributed by atoms with Gasteiger partial charge in [-0.1, -0.05) is 41.5 Å². The summed E-state index contributed by atoms with van der Waals surface area (Å²) in [5.74, 6) is -9.47. The molecule has 0 saturated heterocycles. The van der Waals surface area contributed by atoms with Crippen molar-refractivity contribution in [1.82, 2.24) is 21.3 Å². The number of aliphatic imine (C=N–C) groups is 1. The van der Waals surface area contributed by atoms with Crippen molar-refractivity contribution in [3.05, 3.63) is 0 Å². The van der Waals surface area contributed by atoms with Crippen molar-refractivity contribution in [3.8, 4) is 0 Å². The number of aliphatic hydroxyl groups is 4. The largest absolute Gasteiger partial charge is 0.480 e. The Bertz CT molecular complexity index is 1210. The average molecular weight is 733 g/mol. The second-order valence-corrected chi connectivity index (χ2v) is 13.7. The van der Waals surface area contributed by atoms with E-state index in [2.05, 4.69) is 26.3 Å². The van der Waals surface area contributed by atoms with Crippen LogP contribution in [0.4, 0.5) is 0 Å². The van der Waals surface area contributed by atoms with Crippen LogP contribution in [0.25, 0.3) is 0 Å². The van der Waals surface area contributed by atoms with Gasteiger partial charge in [-0.2, -0.15) is 0 Å². The van der Waals surface area contributed by atoms with Gasteiger partial charge in [0.1, 0.15) is 18.2 Å². The molecule has 12 atom stereocenters. The molecule has 0 heterocycles. The zero-order chi connectivity index (χ0) is 39.9. The Labute approximate surface area is 298 Å². The van der Waals surface area contributed by atoms with Crippen molar-refractivity contribution in [2.45, 2.75) is 123 Å². The van der Waals surface area contributed by atoms with Crippen LogP contribution in [0, 0.1) is 29.6 Å². The third-order valence-corrected chi connectivity index (χ3v) is 8.79. The molecule has 19 heteroatoms. The van der Waals surface area contributed by atoms with E-state index in [0.29, 0.717) is 6.42 Å². The number of amides is 5. The van der Waals surface area contributed by atoms with Gasteiger partial charge in [-0.25, -0.2) is 4.79 Å². The highest BCUT2D eigenvalue weighted by Gasteiger charge is 2.40. The number of aliphatic hydroxyl groups excluding tert-OH is 4. The number of nitrogens with two attached hydrogens (primary N) is 3. The average Bonchev–Trinajstić information content (AvgIpc) is 3.03. The van der Waals surface area contributed by atoms with E-state index in [4.69, 9.17) is 17.2 Å². The first kappa shape index (κ1) is 46.9. The number of carboxylic acids is 1. The molecule has 0 aromatic heterocycles. The first-order valence-electron chi connectivity index (χ1n) is 17.0. The molecule has 0 saturated carbocycles. The first-order valence-corrected chi connectivity index (χ1v) is 17.0. The fourth-order valence-electron chi connectivity index (χ4n) is 5.33. The summed E-state index contributed by atoms with van der Waals surface area (Å²) in [7, 11) is 0. The third kappa shape index (κ3) is 15.8. The maximum atomic E-state index is 13.3. The molecule has 0 aliphatic rings. The van der Waals surface area contributed by atoms with Gasteiger partial charge >= 0.3 is 5.97 Å². The number of rotatable bonds is 23. The Balaban J connectivity index is 6.13. The topological polar surface area (TPSA) is 342 Å². The molecule has 0 fully saturated rings. The molecule has 0 aromatic carbocycles. The fourth-order valence-corrected chi connectivity index (χ4v) is 5.33. The van der Waals surface area contributed by atoms with Crippen LogP contribution in [0.5, 0.6) is 0 Å². The minimum absolute atomic E-state index is 0.0404. The molecule has 0 aliphatic carbocycles. The number of carboxylic acid groups (broad SMARTS) is 1. The number of nitrogens with one attached hydrogen (secondary N) is 4. The highest BCUT2D eigenvalue weighted by atomic mass is 16.4. The predicted octanol–water partition coefficient (Wildman–Crippen LogP) is -3.38. The van der Waals surface area contributed by atoms with E-state index < -0.39 is 102 Å². The number of carbonyl (C=O) groups excluding carboxylic acids is 5. The van der Waals surface area contributed by atoms with E-state index in [-0.39, 0.29) is 37.2 Å². The van der Waals surface area contributed by atoms with Crippen LogP contribution in [0.15, 0.2) is 4.99 Å². The summed E-state index contributed by atoms with van der Waals surface area (Å²) in [5, 5.41) is 61.2. The number of primary amides is 1. The van der Waals surface area contributed by atoms with Gasteiger partial charge < -0.3 is 64.0 Å². The van der Waals surface area contributed by atoms with E-state index >= 15 is 0 Å². The van der Waals surface area contributed by atoms with E-state index in [1.165, 1.54) is 27.7 Å². The third-order valence-electron chi connectivity index (χ3n) is 8.79. The van der Waals surface area contributed by atoms with Gasteiger partial charge in [0.25, 0.3) is 5.91 Å². The highest BCUT2D eigenvalue weighted by molar-refractivity contribution is 5.93. The second kappa shape index (κ2) is 22.0. The molecule has 51 heavy (non-hydrogen) atoms. The molecule has 5 amide bonds. The van der Waals surface area contributed by atoms with Crippen LogP contribution < -0.4 is 38.5 Å². The van der Waals surface area contributed by atoms with Crippen LogP contribution in [0.1, 0.15) is 74.7 Å². The predicted molar refractivity (Wildman–Crippen MR) is 186 cm³/mol. The lowest BCUT2D eigenvalue weighted by Crippen LogP contribution is -2.61. The molecule has 15 N–H and O–H groups in total. The van der Waals surface area contributed by atoms with Crippen LogP contribution in [-0.4, -0.2) is 122 Å². The molecule has 0 aliphatic heterocycles. The standard InChI is InChI=1S/C32H60N8O11/c1-13(2)12-14(3)23(42)17(6)27(46)37-18(7)28(47)38-20(10-9-11-36-32(34)35)24(43)25(44)30(49)39-21(15(4)16(5)26(33)45)29(48)40-22(19(8)41)31(50)51/h13-25,41-44H,9-12H2,1-8H3,(H2,33,45)(H,37,46)(H,38,47)(H,39,49)(H,40,48)(H,50,51)(H4,34,35,36). The number of nitrogens with zero attached hydrogens (tertiary/aromatic N) is 1. The monoisotopic (exact) mass is 732 g/mol. The molecular formula is C32H60N8O11. The Morgan fingerprint density at radius 1 is 0.667 bits per heavy atom. The summed E-state index contributed by atoms with van der Waals surface area (Å²) in [6, 6.07) is -6.02. The summed E-state index contributed by atoms with van der Waals surface area (Å²) in [6.07, 6.45) is -6.16. The van der Waals surface area contributed by atoms with Gasteiger partial charge in [-0.15, -0.1) is 0 Å². The molecule has 12 unspecified atom stereocenters. The number of guanidine groups is 1. The lowest BCUT2D eigenvalue weighted by atomic mass is 9.87. The van der Waals surface area contributed by atoms with Gasteiger partial charge in [0.05, 0.1) is 24.2 Å². The molecule has 0 aromatic rings. The Hall–Kier alpha value is -4.07. The van der Waals surface area contributed by atoms with Crippen LogP contribution in [-0.2, 0) is 28.8 Å². The van der Waals surface area contributed by atoms with Crippen LogP contribution in [0.3, 0.4) is 0 Å². The minimum atomic E-state index is -2.31. The Morgan fingerprint density at radius 2 is 1.22 bits per heavy atom. The molecule has 0 spiro atoms. The summed E-state index contributed by atoms with van der Waals surface area (Å²) >= 11 is 0. The highest BCUT2D eigenvalue weighted by Crippen LogP contribution is 2.21. The molecule has 19 nitrogen and oxygen atoms in total. The van der Waals surface area contributed by atoms with Crippen molar-refractivity contribution >= 4 is 41.5 Å². The van der Waals surface area contributed by atoms with Gasteiger partial charge in [0.2, 0.25) is 23.6 Å².